The van der Waals surface area contributed by atoms with Crippen molar-refractivity contribution in [1.29, 1.82) is 0 Å². The summed E-state index contributed by atoms with van der Waals surface area (Å²) in [5, 5.41) is 0. The zero-order valence-electron chi connectivity index (χ0n) is 12.9. The molecular formula is C18H19N3O2. The number of cyclic esters (lactones) is 1. The lowest BCUT2D eigenvalue weighted by Crippen LogP contribution is -2.40. The molecule has 1 aromatic carbocycles. The molecule has 1 amide bonds. The molecule has 1 fully saturated rings. The first-order valence-electron chi connectivity index (χ1n) is 7.97. The second-order valence-electron chi connectivity index (χ2n) is 6.05. The minimum Gasteiger partial charge on any atom is -0.447 e. The Labute approximate surface area is 135 Å². The van der Waals surface area contributed by atoms with Crippen molar-refractivity contribution >= 4 is 11.8 Å². The third-order valence-electron chi connectivity index (χ3n) is 4.50. The molecule has 1 atom stereocenters. The summed E-state index contributed by atoms with van der Waals surface area (Å²) in [6.45, 7) is 3.02. The van der Waals surface area contributed by atoms with Crippen LogP contribution >= 0.6 is 0 Å². The molecule has 0 saturated carbocycles. The van der Waals surface area contributed by atoms with Crippen molar-refractivity contribution in [2.24, 2.45) is 0 Å². The first-order chi connectivity index (χ1) is 11.3. The van der Waals surface area contributed by atoms with Crippen LogP contribution in [0.3, 0.4) is 0 Å². The van der Waals surface area contributed by atoms with E-state index in [0.717, 1.165) is 43.0 Å². The molecular weight excluding hydrogens is 290 g/mol. The van der Waals surface area contributed by atoms with Gasteiger partial charge in [0.25, 0.3) is 0 Å². The van der Waals surface area contributed by atoms with Gasteiger partial charge in [-0.15, -0.1) is 0 Å². The van der Waals surface area contributed by atoms with Gasteiger partial charge in [-0.25, -0.2) is 4.79 Å². The minimum absolute atomic E-state index is 0.121. The molecule has 0 N–H and O–H groups in total. The van der Waals surface area contributed by atoms with Gasteiger partial charge in [-0.3, -0.25) is 14.8 Å². The number of hydrogen-bond donors (Lipinski definition) is 0. The quantitative estimate of drug-likeness (QED) is 0.856. The number of ether oxygens (including phenoxy) is 1. The Balaban J connectivity index is 1.64. The molecule has 0 aliphatic carbocycles. The lowest BCUT2D eigenvalue weighted by molar-refractivity contribution is 0.177. The van der Waals surface area contributed by atoms with Gasteiger partial charge in [0.05, 0.1) is 17.4 Å². The topological polar surface area (TPSA) is 45.7 Å². The largest absolute Gasteiger partial charge is 0.447 e. The van der Waals surface area contributed by atoms with Crippen LogP contribution in [0.4, 0.5) is 10.5 Å². The van der Waals surface area contributed by atoms with Crippen molar-refractivity contribution in [2.45, 2.75) is 25.6 Å². The Hall–Kier alpha value is -2.40. The highest BCUT2D eigenvalue weighted by atomic mass is 16.6. The van der Waals surface area contributed by atoms with Crippen LogP contribution in [0, 0.1) is 0 Å². The minimum atomic E-state index is -0.222. The van der Waals surface area contributed by atoms with E-state index in [1.807, 2.05) is 41.4 Å². The van der Waals surface area contributed by atoms with Crippen LogP contribution in [-0.2, 0) is 17.8 Å². The molecule has 2 aliphatic rings. The van der Waals surface area contributed by atoms with Crippen LogP contribution in [-0.4, -0.2) is 35.2 Å². The van der Waals surface area contributed by atoms with Gasteiger partial charge in [0.1, 0.15) is 6.61 Å². The highest BCUT2D eigenvalue weighted by molar-refractivity contribution is 5.91. The molecule has 5 heteroatoms. The van der Waals surface area contributed by atoms with Crippen LogP contribution in [0.2, 0.25) is 0 Å². The molecule has 2 aromatic rings. The number of para-hydroxylation sites is 1. The normalized spacial score (nSPS) is 21.1. The van der Waals surface area contributed by atoms with E-state index >= 15 is 0 Å². The van der Waals surface area contributed by atoms with Gasteiger partial charge in [0.15, 0.2) is 0 Å². The first-order valence-corrected chi connectivity index (χ1v) is 7.97. The summed E-state index contributed by atoms with van der Waals surface area (Å²) in [4.78, 5) is 20.7. The van der Waals surface area contributed by atoms with Crippen molar-refractivity contribution in [2.75, 3.05) is 18.1 Å². The van der Waals surface area contributed by atoms with E-state index < -0.39 is 0 Å². The molecule has 5 nitrogen and oxygen atoms in total. The number of amides is 1. The second-order valence-corrected chi connectivity index (χ2v) is 6.05. The maximum Gasteiger partial charge on any atom is 0.414 e. The maximum atomic E-state index is 12.1. The molecule has 4 rings (SSSR count). The highest BCUT2D eigenvalue weighted by Gasteiger charge is 2.36. The van der Waals surface area contributed by atoms with E-state index in [1.54, 1.807) is 0 Å². The van der Waals surface area contributed by atoms with Gasteiger partial charge in [-0.05, 0) is 30.2 Å². The SMILES string of the molecule is O=C1OC[C@@H]2CCN(Cc3ccccn3)Cc3ccccc3N12. The number of fused-ring (bicyclic) bond motifs is 3. The number of benzene rings is 1. The molecule has 0 radical (unpaired) electrons. The summed E-state index contributed by atoms with van der Waals surface area (Å²) in [6.07, 6.45) is 2.52. The summed E-state index contributed by atoms with van der Waals surface area (Å²) in [7, 11) is 0. The van der Waals surface area contributed by atoms with E-state index in [9.17, 15) is 4.79 Å². The smallest absolute Gasteiger partial charge is 0.414 e. The number of hydrogen-bond acceptors (Lipinski definition) is 4. The van der Waals surface area contributed by atoms with Crippen molar-refractivity contribution in [3.8, 4) is 0 Å². The average Bonchev–Trinajstić information content (AvgIpc) is 2.92. The molecule has 0 unspecified atom stereocenters. The van der Waals surface area contributed by atoms with E-state index in [2.05, 4.69) is 22.0 Å². The van der Waals surface area contributed by atoms with Gasteiger partial charge in [0.2, 0.25) is 0 Å². The summed E-state index contributed by atoms with van der Waals surface area (Å²) < 4.78 is 5.28. The molecule has 2 aliphatic heterocycles. The first kappa shape index (κ1) is 14.2. The number of nitrogens with zero attached hydrogens (tertiary/aromatic N) is 3. The van der Waals surface area contributed by atoms with Crippen LogP contribution in [0.15, 0.2) is 48.7 Å². The Morgan fingerprint density at radius 3 is 2.91 bits per heavy atom. The Morgan fingerprint density at radius 2 is 2.04 bits per heavy atom. The van der Waals surface area contributed by atoms with E-state index in [1.165, 1.54) is 0 Å². The molecule has 1 saturated heterocycles. The molecule has 1 aromatic heterocycles. The number of rotatable bonds is 2. The predicted molar refractivity (Wildman–Crippen MR) is 87.0 cm³/mol. The lowest BCUT2D eigenvalue weighted by atomic mass is 10.1. The second kappa shape index (κ2) is 6.01. The summed E-state index contributed by atoms with van der Waals surface area (Å²) >= 11 is 0. The Morgan fingerprint density at radius 1 is 1.17 bits per heavy atom. The Kier molecular flexibility index (Phi) is 3.71. The number of carbonyl (C=O) groups excluding carboxylic acids is 1. The predicted octanol–water partition coefficient (Wildman–Crippen LogP) is 2.81. The van der Waals surface area contributed by atoms with Gasteiger partial charge >= 0.3 is 6.09 Å². The molecule has 118 valence electrons. The summed E-state index contributed by atoms with van der Waals surface area (Å²) in [5.41, 5.74) is 3.21. The molecule has 0 spiro atoms. The standard InChI is InChI=1S/C18H19N3O2/c22-18-21-16(13-23-18)8-10-20(12-15-6-3-4-9-19-15)11-14-5-1-2-7-17(14)21/h1-7,9,16H,8,10-13H2/t16-/m0/s1. The van der Waals surface area contributed by atoms with Crippen LogP contribution in [0.25, 0.3) is 0 Å². The van der Waals surface area contributed by atoms with Gasteiger partial charge in [0, 0.05) is 25.8 Å². The summed E-state index contributed by atoms with van der Waals surface area (Å²) in [5.74, 6) is 0. The molecule has 3 heterocycles. The highest BCUT2D eigenvalue weighted by Crippen LogP contribution is 2.31. The van der Waals surface area contributed by atoms with Crippen molar-refractivity contribution in [3.05, 3.63) is 59.9 Å². The van der Waals surface area contributed by atoms with Gasteiger partial charge in [-0.1, -0.05) is 24.3 Å². The lowest BCUT2D eigenvalue weighted by Gasteiger charge is -2.32. The third kappa shape index (κ3) is 2.80. The van der Waals surface area contributed by atoms with E-state index in [-0.39, 0.29) is 12.1 Å². The van der Waals surface area contributed by atoms with Crippen molar-refractivity contribution in [3.63, 3.8) is 0 Å². The number of carbonyl (C=O) groups is 1. The number of anilines is 1. The zero-order valence-corrected chi connectivity index (χ0v) is 12.9. The van der Waals surface area contributed by atoms with Crippen molar-refractivity contribution < 1.29 is 9.53 Å². The Bertz CT molecular complexity index is 704. The fourth-order valence-electron chi connectivity index (χ4n) is 3.35. The molecule has 0 bridgehead atoms. The third-order valence-corrected chi connectivity index (χ3v) is 4.50. The van der Waals surface area contributed by atoms with Crippen molar-refractivity contribution in [1.82, 2.24) is 9.88 Å². The monoisotopic (exact) mass is 309 g/mol. The van der Waals surface area contributed by atoms with Crippen LogP contribution < -0.4 is 4.90 Å². The van der Waals surface area contributed by atoms with Gasteiger partial charge < -0.3 is 4.74 Å². The average molecular weight is 309 g/mol. The van der Waals surface area contributed by atoms with Crippen LogP contribution in [0.1, 0.15) is 17.7 Å². The van der Waals surface area contributed by atoms with E-state index in [0.29, 0.717) is 6.61 Å². The number of aromatic nitrogens is 1. The fraction of sp³-hybridized carbons (Fsp3) is 0.333. The van der Waals surface area contributed by atoms with Crippen LogP contribution in [0.5, 0.6) is 0 Å². The van der Waals surface area contributed by atoms with E-state index in [4.69, 9.17) is 4.74 Å². The van der Waals surface area contributed by atoms with Gasteiger partial charge in [-0.2, -0.15) is 0 Å². The fourth-order valence-corrected chi connectivity index (χ4v) is 3.35. The maximum absolute atomic E-state index is 12.1. The molecule has 23 heavy (non-hydrogen) atoms. The summed E-state index contributed by atoms with van der Waals surface area (Å²) in [6, 6.07) is 14.2. The number of pyridine rings is 1. The zero-order chi connectivity index (χ0) is 15.6.